The monoisotopic (exact) mass is 344 g/mol. The first-order valence-corrected chi connectivity index (χ1v) is 9.44. The van der Waals surface area contributed by atoms with Crippen molar-refractivity contribution >= 4 is 11.6 Å². The number of nitrogens with one attached hydrogen (secondary N) is 2. The first-order chi connectivity index (χ1) is 12.1. The van der Waals surface area contributed by atoms with Gasteiger partial charge < -0.3 is 20.1 Å². The van der Waals surface area contributed by atoms with Gasteiger partial charge in [-0.2, -0.15) is 0 Å². The summed E-state index contributed by atoms with van der Waals surface area (Å²) in [7, 11) is 1.61. The zero-order chi connectivity index (χ0) is 17.4. The van der Waals surface area contributed by atoms with Crippen molar-refractivity contribution in [3.63, 3.8) is 0 Å². The molecular formula is C20H28N2O3. The Labute approximate surface area is 149 Å². The quantitative estimate of drug-likeness (QED) is 0.833. The maximum atomic E-state index is 12.4. The van der Waals surface area contributed by atoms with Crippen LogP contribution in [0.2, 0.25) is 0 Å². The number of hydrogen-bond donors (Lipinski definition) is 2. The Morgan fingerprint density at radius 2 is 2.20 bits per heavy atom. The number of fused-ring (bicyclic) bond motifs is 2. The molecule has 3 aliphatic rings. The lowest BCUT2D eigenvalue weighted by atomic mass is 9.46. The number of anilines is 1. The van der Waals surface area contributed by atoms with Gasteiger partial charge in [0.05, 0.1) is 18.9 Å². The lowest BCUT2D eigenvalue weighted by Crippen LogP contribution is -2.72. The smallest absolute Gasteiger partial charge is 0.226 e. The van der Waals surface area contributed by atoms with E-state index in [4.69, 9.17) is 9.47 Å². The second-order valence-electron chi connectivity index (χ2n) is 7.83. The van der Waals surface area contributed by atoms with Crippen LogP contribution in [0.4, 0.5) is 5.69 Å². The molecule has 1 saturated heterocycles. The number of carbonyl (C=O) groups is 1. The Morgan fingerprint density at radius 1 is 1.40 bits per heavy atom. The third-order valence-electron chi connectivity index (χ3n) is 6.37. The molecule has 5 nitrogen and oxygen atoms in total. The minimum atomic E-state index is 0.0192. The van der Waals surface area contributed by atoms with E-state index in [1.54, 1.807) is 7.11 Å². The zero-order valence-corrected chi connectivity index (χ0v) is 15.1. The number of ether oxygens (including phenoxy) is 2. The van der Waals surface area contributed by atoms with E-state index in [-0.39, 0.29) is 11.9 Å². The summed E-state index contributed by atoms with van der Waals surface area (Å²) in [5.41, 5.74) is 1.08. The van der Waals surface area contributed by atoms with Crippen LogP contribution in [-0.4, -0.2) is 37.8 Å². The molecule has 2 aliphatic carbocycles. The van der Waals surface area contributed by atoms with E-state index in [0.29, 0.717) is 35.6 Å². The SMILES string of the molecule is COc1ccccc1NC(=O)C[C@H](C)N[C@@H]1[C@@H]2CCO[C@@H]2C12CCC2. The van der Waals surface area contributed by atoms with Gasteiger partial charge in [0.1, 0.15) is 5.75 Å². The first kappa shape index (κ1) is 16.9. The van der Waals surface area contributed by atoms with E-state index in [2.05, 4.69) is 17.6 Å². The molecule has 1 heterocycles. The lowest BCUT2D eigenvalue weighted by molar-refractivity contribution is -0.178. The molecule has 136 valence electrons. The van der Waals surface area contributed by atoms with Crippen LogP contribution >= 0.6 is 0 Å². The molecule has 0 unspecified atom stereocenters. The van der Waals surface area contributed by atoms with E-state index in [1.165, 1.54) is 19.3 Å². The number of benzene rings is 1. The van der Waals surface area contributed by atoms with Gasteiger partial charge in [0, 0.05) is 36.4 Å². The molecule has 5 heteroatoms. The highest BCUT2D eigenvalue weighted by Crippen LogP contribution is 2.62. The summed E-state index contributed by atoms with van der Waals surface area (Å²) in [5, 5.41) is 6.72. The van der Waals surface area contributed by atoms with Gasteiger partial charge in [-0.1, -0.05) is 18.6 Å². The summed E-state index contributed by atoms with van der Waals surface area (Å²) in [6.45, 7) is 3.01. The predicted molar refractivity (Wildman–Crippen MR) is 96.8 cm³/mol. The fraction of sp³-hybridized carbons (Fsp3) is 0.650. The Bertz CT molecular complexity index is 644. The number of para-hydroxylation sites is 2. The van der Waals surface area contributed by atoms with Crippen molar-refractivity contribution in [2.75, 3.05) is 19.0 Å². The van der Waals surface area contributed by atoms with E-state index in [1.807, 2.05) is 24.3 Å². The number of methoxy groups -OCH3 is 1. The number of amides is 1. The minimum Gasteiger partial charge on any atom is -0.495 e. The van der Waals surface area contributed by atoms with Gasteiger partial charge in [-0.05, 0) is 38.3 Å². The van der Waals surface area contributed by atoms with Crippen LogP contribution in [0.5, 0.6) is 5.75 Å². The second-order valence-corrected chi connectivity index (χ2v) is 7.83. The van der Waals surface area contributed by atoms with Gasteiger partial charge in [0.2, 0.25) is 5.91 Å². The summed E-state index contributed by atoms with van der Waals surface area (Å²) in [4.78, 5) is 12.4. The van der Waals surface area contributed by atoms with Crippen molar-refractivity contribution in [3.05, 3.63) is 24.3 Å². The number of hydrogen-bond acceptors (Lipinski definition) is 4. The average molecular weight is 344 g/mol. The fourth-order valence-corrected chi connectivity index (χ4v) is 5.09. The van der Waals surface area contributed by atoms with Crippen molar-refractivity contribution < 1.29 is 14.3 Å². The Morgan fingerprint density at radius 3 is 2.92 bits per heavy atom. The molecule has 4 rings (SSSR count). The summed E-state index contributed by atoms with van der Waals surface area (Å²) >= 11 is 0. The third kappa shape index (κ3) is 2.83. The van der Waals surface area contributed by atoms with Gasteiger partial charge in [0.25, 0.3) is 0 Å². The molecule has 0 aromatic heterocycles. The Hall–Kier alpha value is -1.59. The molecule has 4 atom stereocenters. The summed E-state index contributed by atoms with van der Waals surface area (Å²) in [6.07, 6.45) is 5.94. The lowest BCUT2D eigenvalue weighted by Gasteiger charge is -2.64. The maximum Gasteiger partial charge on any atom is 0.226 e. The van der Waals surface area contributed by atoms with Crippen LogP contribution < -0.4 is 15.4 Å². The molecule has 2 saturated carbocycles. The molecule has 1 amide bonds. The van der Waals surface area contributed by atoms with Crippen LogP contribution in [0.3, 0.4) is 0 Å². The van der Waals surface area contributed by atoms with Gasteiger partial charge in [-0.25, -0.2) is 0 Å². The van der Waals surface area contributed by atoms with Crippen molar-refractivity contribution in [3.8, 4) is 5.75 Å². The van der Waals surface area contributed by atoms with Gasteiger partial charge >= 0.3 is 0 Å². The predicted octanol–water partition coefficient (Wildman–Crippen LogP) is 2.96. The summed E-state index contributed by atoms with van der Waals surface area (Å²) in [5.74, 6) is 1.35. The second kappa shape index (κ2) is 6.61. The highest BCUT2D eigenvalue weighted by Gasteiger charge is 2.66. The van der Waals surface area contributed by atoms with Crippen molar-refractivity contribution in [2.24, 2.45) is 11.3 Å². The van der Waals surface area contributed by atoms with Gasteiger partial charge in [0.15, 0.2) is 0 Å². The molecule has 1 aromatic carbocycles. The van der Waals surface area contributed by atoms with Gasteiger partial charge in [-0.15, -0.1) is 0 Å². The summed E-state index contributed by atoms with van der Waals surface area (Å²) < 4.78 is 11.3. The van der Waals surface area contributed by atoms with Crippen LogP contribution in [0.25, 0.3) is 0 Å². The summed E-state index contributed by atoms with van der Waals surface area (Å²) in [6, 6.07) is 8.18. The Kier molecular flexibility index (Phi) is 4.46. The Balaban J connectivity index is 1.33. The molecule has 1 aliphatic heterocycles. The van der Waals surface area contributed by atoms with E-state index < -0.39 is 0 Å². The topological polar surface area (TPSA) is 59.6 Å². The molecule has 25 heavy (non-hydrogen) atoms. The van der Waals surface area contributed by atoms with E-state index in [9.17, 15) is 4.79 Å². The molecule has 1 spiro atoms. The molecule has 0 radical (unpaired) electrons. The van der Waals surface area contributed by atoms with E-state index >= 15 is 0 Å². The molecule has 0 bridgehead atoms. The van der Waals surface area contributed by atoms with Crippen molar-refractivity contribution in [1.82, 2.24) is 5.32 Å². The van der Waals surface area contributed by atoms with Crippen molar-refractivity contribution in [2.45, 2.75) is 57.2 Å². The standard InChI is InChI=1S/C20H28N2O3/c1-13(12-17(23)22-15-6-3-4-7-16(15)24-2)21-18-14-8-11-25-19(14)20(18)9-5-10-20/h3-4,6-7,13-14,18-19,21H,5,8-12H2,1-2H3,(H,22,23)/t13-,14-,18+,19-/m0/s1. The maximum absolute atomic E-state index is 12.4. The molecule has 3 fully saturated rings. The average Bonchev–Trinajstić information content (AvgIpc) is 2.97. The number of carbonyl (C=O) groups excluding carboxylic acids is 1. The number of rotatable bonds is 6. The normalized spacial score (nSPS) is 30.1. The van der Waals surface area contributed by atoms with E-state index in [0.717, 1.165) is 18.7 Å². The third-order valence-corrected chi connectivity index (χ3v) is 6.37. The zero-order valence-electron chi connectivity index (χ0n) is 15.1. The first-order valence-electron chi connectivity index (χ1n) is 9.44. The van der Waals surface area contributed by atoms with Crippen LogP contribution in [0.1, 0.15) is 39.0 Å². The largest absolute Gasteiger partial charge is 0.495 e. The molecule has 1 aromatic rings. The van der Waals surface area contributed by atoms with Crippen molar-refractivity contribution in [1.29, 1.82) is 0 Å². The highest BCUT2D eigenvalue weighted by atomic mass is 16.5. The van der Waals surface area contributed by atoms with Gasteiger partial charge in [-0.3, -0.25) is 4.79 Å². The van der Waals surface area contributed by atoms with Crippen LogP contribution in [0, 0.1) is 11.3 Å². The fourth-order valence-electron chi connectivity index (χ4n) is 5.09. The molecule has 2 N–H and O–H groups in total. The van der Waals surface area contributed by atoms with Crippen LogP contribution in [-0.2, 0) is 9.53 Å². The van der Waals surface area contributed by atoms with Crippen LogP contribution in [0.15, 0.2) is 24.3 Å². The molecular weight excluding hydrogens is 316 g/mol. The minimum absolute atomic E-state index is 0.0192. The highest BCUT2D eigenvalue weighted by molar-refractivity contribution is 5.92.